The molecule has 0 aliphatic heterocycles. The van der Waals surface area contributed by atoms with E-state index in [1.165, 1.54) is 32.1 Å². The van der Waals surface area contributed by atoms with Gasteiger partial charge in [-0.2, -0.15) is 0 Å². The lowest BCUT2D eigenvalue weighted by Gasteiger charge is -2.16. The van der Waals surface area contributed by atoms with Crippen LogP contribution >= 0.6 is 11.6 Å². The zero-order chi connectivity index (χ0) is 9.40. The molecule has 1 atom stereocenters. The van der Waals surface area contributed by atoms with E-state index < -0.39 is 0 Å². The number of alkyl halides is 1. The first-order chi connectivity index (χ1) is 5.68. The maximum atomic E-state index is 6.05. The zero-order valence-electron chi connectivity index (χ0n) is 8.65. The minimum absolute atomic E-state index is 0.228. The van der Waals surface area contributed by atoms with Crippen LogP contribution in [0.4, 0.5) is 0 Å². The van der Waals surface area contributed by atoms with Gasteiger partial charge in [0.2, 0.25) is 0 Å². The summed E-state index contributed by atoms with van der Waals surface area (Å²) in [4.78, 5) is 2.07. The Morgan fingerprint density at radius 3 is 2.17 bits per heavy atom. The lowest BCUT2D eigenvalue weighted by atomic mass is 10.1. The molecule has 12 heavy (non-hydrogen) atoms. The van der Waals surface area contributed by atoms with Gasteiger partial charge in [-0.05, 0) is 20.5 Å². The molecule has 0 radical (unpaired) electrons. The van der Waals surface area contributed by atoms with Crippen LogP contribution in [0.15, 0.2) is 0 Å². The number of unbranched alkanes of at least 4 members (excludes halogenated alkanes) is 4. The Kier molecular flexibility index (Phi) is 8.04. The zero-order valence-corrected chi connectivity index (χ0v) is 9.40. The predicted molar refractivity (Wildman–Crippen MR) is 56.7 cm³/mol. The maximum absolute atomic E-state index is 6.05. The van der Waals surface area contributed by atoms with Crippen LogP contribution in [0.1, 0.15) is 45.4 Å². The molecule has 0 fully saturated rings. The van der Waals surface area contributed by atoms with Gasteiger partial charge in [0, 0.05) is 0 Å². The number of hydrogen-bond acceptors (Lipinski definition) is 1. The maximum Gasteiger partial charge on any atom is 0.0845 e. The third-order valence-electron chi connectivity index (χ3n) is 2.11. The van der Waals surface area contributed by atoms with Crippen LogP contribution < -0.4 is 0 Å². The van der Waals surface area contributed by atoms with Gasteiger partial charge in [0.25, 0.3) is 0 Å². The van der Waals surface area contributed by atoms with Crippen molar-refractivity contribution >= 4 is 11.6 Å². The summed E-state index contributed by atoms with van der Waals surface area (Å²) < 4.78 is 0. The van der Waals surface area contributed by atoms with Crippen molar-refractivity contribution in [3.05, 3.63) is 0 Å². The number of rotatable bonds is 7. The molecule has 0 aromatic rings. The van der Waals surface area contributed by atoms with Crippen LogP contribution in [0.3, 0.4) is 0 Å². The van der Waals surface area contributed by atoms with Crippen molar-refractivity contribution in [1.82, 2.24) is 4.90 Å². The first kappa shape index (κ1) is 12.2. The molecule has 0 heterocycles. The minimum Gasteiger partial charge on any atom is -0.294 e. The van der Waals surface area contributed by atoms with Crippen molar-refractivity contribution < 1.29 is 0 Å². The molecule has 0 N–H and O–H groups in total. The van der Waals surface area contributed by atoms with Gasteiger partial charge in [-0.3, -0.25) is 4.90 Å². The normalized spacial score (nSPS) is 13.8. The minimum atomic E-state index is 0.228. The molecule has 0 rings (SSSR count). The van der Waals surface area contributed by atoms with Crippen LogP contribution in [-0.4, -0.2) is 24.5 Å². The predicted octanol–water partition coefficient (Wildman–Crippen LogP) is 3.47. The van der Waals surface area contributed by atoms with E-state index in [4.69, 9.17) is 11.6 Å². The van der Waals surface area contributed by atoms with Crippen LogP contribution in [0.5, 0.6) is 0 Å². The Morgan fingerprint density at radius 2 is 1.67 bits per heavy atom. The number of halogens is 1. The van der Waals surface area contributed by atoms with Crippen LogP contribution in [0, 0.1) is 0 Å². The van der Waals surface area contributed by atoms with Gasteiger partial charge in [-0.15, -0.1) is 11.6 Å². The number of hydrogen-bond donors (Lipinski definition) is 0. The Balaban J connectivity index is 3.08. The molecule has 0 aliphatic rings. The largest absolute Gasteiger partial charge is 0.294 e. The van der Waals surface area contributed by atoms with Gasteiger partial charge in [-0.25, -0.2) is 0 Å². The van der Waals surface area contributed by atoms with E-state index in [1.54, 1.807) is 0 Å². The Labute approximate surface area is 82.1 Å². The van der Waals surface area contributed by atoms with Crippen molar-refractivity contribution in [1.29, 1.82) is 0 Å². The molecule has 0 spiro atoms. The van der Waals surface area contributed by atoms with Crippen molar-refractivity contribution in [2.24, 2.45) is 0 Å². The molecular weight excluding hydrogens is 170 g/mol. The molecule has 0 saturated heterocycles. The van der Waals surface area contributed by atoms with E-state index in [0.717, 1.165) is 6.42 Å². The monoisotopic (exact) mass is 191 g/mol. The SMILES string of the molecule is CCCCCCCC(Cl)N(C)C. The highest BCUT2D eigenvalue weighted by Gasteiger charge is 2.04. The van der Waals surface area contributed by atoms with Crippen LogP contribution in [0.2, 0.25) is 0 Å². The lowest BCUT2D eigenvalue weighted by molar-refractivity contribution is 0.351. The first-order valence-electron chi connectivity index (χ1n) is 4.99. The average molecular weight is 192 g/mol. The fourth-order valence-electron chi connectivity index (χ4n) is 1.17. The smallest absolute Gasteiger partial charge is 0.0845 e. The van der Waals surface area contributed by atoms with Crippen molar-refractivity contribution in [2.75, 3.05) is 14.1 Å². The van der Waals surface area contributed by atoms with Gasteiger partial charge in [-0.1, -0.05) is 39.0 Å². The van der Waals surface area contributed by atoms with E-state index in [2.05, 4.69) is 11.8 Å². The second kappa shape index (κ2) is 7.88. The molecule has 0 aromatic heterocycles. The average Bonchev–Trinajstić information content (AvgIpc) is 2.03. The third-order valence-corrected chi connectivity index (χ3v) is 2.71. The van der Waals surface area contributed by atoms with Gasteiger partial charge < -0.3 is 0 Å². The topological polar surface area (TPSA) is 3.24 Å². The van der Waals surface area contributed by atoms with E-state index in [-0.39, 0.29) is 5.50 Å². The standard InChI is InChI=1S/C10H22ClN/c1-4-5-6-7-8-9-10(11)12(2)3/h10H,4-9H2,1-3H3. The van der Waals surface area contributed by atoms with E-state index in [0.29, 0.717) is 0 Å². The fourth-order valence-corrected chi connectivity index (χ4v) is 1.33. The Bertz CT molecular complexity index is 93.8. The summed E-state index contributed by atoms with van der Waals surface area (Å²) in [6.45, 7) is 2.24. The van der Waals surface area contributed by atoms with Gasteiger partial charge in [0.1, 0.15) is 0 Å². The molecule has 0 aliphatic carbocycles. The Morgan fingerprint density at radius 1 is 1.08 bits per heavy atom. The van der Waals surface area contributed by atoms with Crippen LogP contribution in [-0.2, 0) is 0 Å². The molecule has 2 heteroatoms. The second-order valence-electron chi connectivity index (χ2n) is 3.60. The first-order valence-corrected chi connectivity index (χ1v) is 5.42. The molecule has 0 bridgehead atoms. The molecule has 0 saturated carbocycles. The van der Waals surface area contributed by atoms with E-state index >= 15 is 0 Å². The molecule has 0 amide bonds. The fraction of sp³-hybridized carbons (Fsp3) is 1.00. The highest BCUT2D eigenvalue weighted by molar-refractivity contribution is 6.20. The highest BCUT2D eigenvalue weighted by Crippen LogP contribution is 2.12. The summed E-state index contributed by atoms with van der Waals surface area (Å²) in [6, 6.07) is 0. The summed E-state index contributed by atoms with van der Waals surface area (Å²) in [5.74, 6) is 0. The van der Waals surface area contributed by atoms with Gasteiger partial charge in [0.15, 0.2) is 0 Å². The molecule has 1 unspecified atom stereocenters. The summed E-state index contributed by atoms with van der Waals surface area (Å²) in [6.07, 6.45) is 7.79. The second-order valence-corrected chi connectivity index (χ2v) is 4.10. The van der Waals surface area contributed by atoms with Gasteiger partial charge >= 0.3 is 0 Å². The summed E-state index contributed by atoms with van der Waals surface area (Å²) >= 11 is 6.05. The Hall–Kier alpha value is 0.250. The van der Waals surface area contributed by atoms with Crippen LogP contribution in [0.25, 0.3) is 0 Å². The summed E-state index contributed by atoms with van der Waals surface area (Å²) in [5.41, 5.74) is 0.228. The lowest BCUT2D eigenvalue weighted by Crippen LogP contribution is -2.21. The van der Waals surface area contributed by atoms with Gasteiger partial charge in [0.05, 0.1) is 5.50 Å². The summed E-state index contributed by atoms with van der Waals surface area (Å²) in [7, 11) is 4.06. The summed E-state index contributed by atoms with van der Waals surface area (Å²) in [5, 5.41) is 0. The molecular formula is C10H22ClN. The molecule has 0 aromatic carbocycles. The quantitative estimate of drug-likeness (QED) is 0.339. The third kappa shape index (κ3) is 6.93. The number of nitrogens with zero attached hydrogens (tertiary/aromatic N) is 1. The molecule has 1 nitrogen and oxygen atoms in total. The van der Waals surface area contributed by atoms with Crippen molar-refractivity contribution in [3.63, 3.8) is 0 Å². The van der Waals surface area contributed by atoms with E-state index in [1.807, 2.05) is 14.1 Å². The highest BCUT2D eigenvalue weighted by atomic mass is 35.5. The van der Waals surface area contributed by atoms with Crippen molar-refractivity contribution in [2.45, 2.75) is 50.9 Å². The van der Waals surface area contributed by atoms with Crippen molar-refractivity contribution in [3.8, 4) is 0 Å². The molecule has 74 valence electrons. The van der Waals surface area contributed by atoms with E-state index in [9.17, 15) is 0 Å².